The molecular formula is C20H22ClN3O4S. The number of amides is 2. The van der Waals surface area contributed by atoms with Gasteiger partial charge in [0.2, 0.25) is 21.8 Å². The molecule has 3 rings (SSSR count). The summed E-state index contributed by atoms with van der Waals surface area (Å²) >= 11 is 5.80. The van der Waals surface area contributed by atoms with Crippen molar-refractivity contribution in [1.82, 2.24) is 4.72 Å². The van der Waals surface area contributed by atoms with Crippen LogP contribution in [-0.4, -0.2) is 32.8 Å². The third kappa shape index (κ3) is 4.95. The molecule has 0 fully saturated rings. The van der Waals surface area contributed by atoms with Crippen LogP contribution in [0.1, 0.15) is 25.8 Å². The number of carbonyl (C=O) groups excluding carboxylic acids is 2. The molecule has 154 valence electrons. The highest BCUT2D eigenvalue weighted by Gasteiger charge is 2.30. The second kappa shape index (κ2) is 8.52. The number of nitrogens with one attached hydrogen (secondary N) is 2. The van der Waals surface area contributed by atoms with Gasteiger partial charge in [-0.25, -0.2) is 13.1 Å². The molecule has 29 heavy (non-hydrogen) atoms. The first-order valence-corrected chi connectivity index (χ1v) is 11.0. The predicted molar refractivity (Wildman–Crippen MR) is 113 cm³/mol. The lowest BCUT2D eigenvalue weighted by atomic mass is 10.1. The fourth-order valence-corrected chi connectivity index (χ4v) is 4.60. The SMILES string of the molecule is CC(=O)N1c2ccc(S(=O)(=O)NCCC(=O)Nc3ccc(Cl)cc3)cc2C[C@H]1C. The van der Waals surface area contributed by atoms with E-state index in [1.54, 1.807) is 41.3 Å². The van der Waals surface area contributed by atoms with Crippen molar-refractivity contribution in [2.24, 2.45) is 0 Å². The molecule has 0 spiro atoms. The van der Waals surface area contributed by atoms with E-state index in [4.69, 9.17) is 11.6 Å². The number of hydrogen-bond acceptors (Lipinski definition) is 4. The van der Waals surface area contributed by atoms with Crippen LogP contribution >= 0.6 is 11.6 Å². The molecular weight excluding hydrogens is 414 g/mol. The van der Waals surface area contributed by atoms with Crippen LogP contribution in [0.25, 0.3) is 0 Å². The van der Waals surface area contributed by atoms with Crippen molar-refractivity contribution < 1.29 is 18.0 Å². The lowest BCUT2D eigenvalue weighted by molar-refractivity contribution is -0.117. The Bertz CT molecular complexity index is 1040. The molecule has 1 aliphatic heterocycles. The van der Waals surface area contributed by atoms with Crippen molar-refractivity contribution in [3.63, 3.8) is 0 Å². The predicted octanol–water partition coefficient (Wildman–Crippen LogP) is 2.94. The van der Waals surface area contributed by atoms with Gasteiger partial charge in [0.05, 0.1) is 4.90 Å². The molecule has 0 aliphatic carbocycles. The Morgan fingerprint density at radius 1 is 1.17 bits per heavy atom. The summed E-state index contributed by atoms with van der Waals surface area (Å²) in [5, 5.41) is 3.24. The van der Waals surface area contributed by atoms with Gasteiger partial charge in [-0.15, -0.1) is 0 Å². The fourth-order valence-electron chi connectivity index (χ4n) is 3.39. The van der Waals surface area contributed by atoms with Crippen LogP contribution in [0.3, 0.4) is 0 Å². The second-order valence-corrected chi connectivity index (χ2v) is 9.14. The van der Waals surface area contributed by atoms with Gasteiger partial charge in [-0.3, -0.25) is 9.59 Å². The molecule has 2 N–H and O–H groups in total. The zero-order chi connectivity index (χ0) is 21.2. The van der Waals surface area contributed by atoms with E-state index in [0.717, 1.165) is 11.3 Å². The van der Waals surface area contributed by atoms with Crippen LogP contribution in [0.2, 0.25) is 5.02 Å². The minimum Gasteiger partial charge on any atom is -0.326 e. The third-order valence-electron chi connectivity index (χ3n) is 4.69. The van der Waals surface area contributed by atoms with Crippen LogP contribution in [0.4, 0.5) is 11.4 Å². The van der Waals surface area contributed by atoms with Crippen molar-refractivity contribution in [3.8, 4) is 0 Å². The van der Waals surface area contributed by atoms with Gasteiger partial charge < -0.3 is 10.2 Å². The number of rotatable bonds is 6. The van der Waals surface area contributed by atoms with E-state index in [1.165, 1.54) is 13.0 Å². The van der Waals surface area contributed by atoms with E-state index in [-0.39, 0.29) is 35.7 Å². The number of hydrogen-bond donors (Lipinski definition) is 2. The Kier molecular flexibility index (Phi) is 6.26. The molecule has 1 atom stereocenters. The number of anilines is 2. The molecule has 1 heterocycles. The standard InChI is InChI=1S/C20H22ClN3O4S/c1-13-11-15-12-18(7-8-19(15)24(13)14(2)25)29(27,28)22-10-9-20(26)23-17-5-3-16(21)4-6-17/h3-8,12-13,22H,9-11H2,1-2H3,(H,23,26)/t13-/m1/s1. The molecule has 0 unspecified atom stereocenters. The largest absolute Gasteiger partial charge is 0.326 e. The Hall–Kier alpha value is -2.42. The van der Waals surface area contributed by atoms with Crippen LogP contribution in [-0.2, 0) is 26.0 Å². The number of nitrogens with zero attached hydrogens (tertiary/aromatic N) is 1. The summed E-state index contributed by atoms with van der Waals surface area (Å²) in [4.78, 5) is 25.6. The van der Waals surface area contributed by atoms with Crippen LogP contribution in [0.15, 0.2) is 47.4 Å². The Morgan fingerprint density at radius 2 is 1.86 bits per heavy atom. The van der Waals surface area contributed by atoms with E-state index in [0.29, 0.717) is 17.1 Å². The molecule has 0 saturated carbocycles. The number of halogens is 1. The first-order valence-electron chi connectivity index (χ1n) is 9.15. The van der Waals surface area contributed by atoms with Crippen LogP contribution in [0, 0.1) is 0 Å². The maximum Gasteiger partial charge on any atom is 0.240 e. The minimum absolute atomic E-state index is 0.00928. The molecule has 0 aromatic heterocycles. The summed E-state index contributed by atoms with van der Waals surface area (Å²) < 4.78 is 27.6. The van der Waals surface area contributed by atoms with Crippen LogP contribution in [0.5, 0.6) is 0 Å². The molecule has 2 aromatic rings. The highest BCUT2D eigenvalue weighted by Crippen LogP contribution is 2.33. The van der Waals surface area contributed by atoms with Crippen molar-refractivity contribution in [2.45, 2.75) is 37.6 Å². The van der Waals surface area contributed by atoms with E-state index in [2.05, 4.69) is 10.0 Å². The first-order chi connectivity index (χ1) is 13.7. The average molecular weight is 436 g/mol. The minimum atomic E-state index is -3.76. The second-order valence-electron chi connectivity index (χ2n) is 6.94. The molecule has 1 aliphatic rings. The first kappa shape index (κ1) is 21.3. The Balaban J connectivity index is 1.60. The maximum absolute atomic E-state index is 12.6. The van der Waals surface area contributed by atoms with Gasteiger partial charge in [-0.1, -0.05) is 11.6 Å². The monoisotopic (exact) mass is 435 g/mol. The number of sulfonamides is 1. The summed E-state index contributed by atoms with van der Waals surface area (Å²) in [5.41, 5.74) is 2.15. The summed E-state index contributed by atoms with van der Waals surface area (Å²) in [5.74, 6) is -0.383. The van der Waals surface area contributed by atoms with Gasteiger partial charge in [0.25, 0.3) is 0 Å². The maximum atomic E-state index is 12.6. The molecule has 0 saturated heterocycles. The van der Waals surface area contributed by atoms with Gasteiger partial charge in [-0.2, -0.15) is 0 Å². The fraction of sp³-hybridized carbons (Fsp3) is 0.300. The zero-order valence-electron chi connectivity index (χ0n) is 16.1. The summed E-state index contributed by atoms with van der Waals surface area (Å²) in [6, 6.07) is 11.4. The van der Waals surface area contributed by atoms with Gasteiger partial charge in [0, 0.05) is 42.3 Å². The Labute approximate surface area is 175 Å². The lowest BCUT2D eigenvalue weighted by Crippen LogP contribution is -2.33. The number of carbonyl (C=O) groups is 2. The summed E-state index contributed by atoms with van der Waals surface area (Å²) in [6.07, 6.45) is 0.587. The van der Waals surface area contributed by atoms with E-state index >= 15 is 0 Å². The van der Waals surface area contributed by atoms with Gasteiger partial charge in [0.15, 0.2) is 0 Å². The topological polar surface area (TPSA) is 95.6 Å². The average Bonchev–Trinajstić information content (AvgIpc) is 2.98. The highest BCUT2D eigenvalue weighted by atomic mass is 35.5. The molecule has 7 nitrogen and oxygen atoms in total. The molecule has 2 aromatic carbocycles. The smallest absolute Gasteiger partial charge is 0.240 e. The van der Waals surface area contributed by atoms with Crippen molar-refractivity contribution in [2.75, 3.05) is 16.8 Å². The van der Waals surface area contributed by atoms with Crippen molar-refractivity contribution >= 4 is 44.8 Å². The van der Waals surface area contributed by atoms with E-state index in [1.807, 2.05) is 6.92 Å². The molecule has 9 heteroatoms. The highest BCUT2D eigenvalue weighted by molar-refractivity contribution is 7.89. The van der Waals surface area contributed by atoms with Gasteiger partial charge in [-0.05, 0) is 61.4 Å². The van der Waals surface area contributed by atoms with Crippen molar-refractivity contribution in [1.29, 1.82) is 0 Å². The molecule has 0 radical (unpaired) electrons. The normalized spacial score (nSPS) is 15.8. The van der Waals surface area contributed by atoms with Gasteiger partial charge in [0.1, 0.15) is 0 Å². The van der Waals surface area contributed by atoms with Crippen molar-refractivity contribution in [3.05, 3.63) is 53.1 Å². The Morgan fingerprint density at radius 3 is 2.52 bits per heavy atom. The summed E-state index contributed by atoms with van der Waals surface area (Å²) in [7, 11) is -3.76. The molecule has 2 amide bonds. The molecule has 0 bridgehead atoms. The van der Waals surface area contributed by atoms with Crippen LogP contribution < -0.4 is 14.9 Å². The zero-order valence-corrected chi connectivity index (χ0v) is 17.7. The van der Waals surface area contributed by atoms with Gasteiger partial charge >= 0.3 is 0 Å². The lowest BCUT2D eigenvalue weighted by Gasteiger charge is -2.20. The van der Waals surface area contributed by atoms with E-state index in [9.17, 15) is 18.0 Å². The number of fused-ring (bicyclic) bond motifs is 1. The number of benzene rings is 2. The van der Waals surface area contributed by atoms with E-state index < -0.39 is 10.0 Å². The third-order valence-corrected chi connectivity index (χ3v) is 6.40. The summed E-state index contributed by atoms with van der Waals surface area (Å²) in [6.45, 7) is 3.38. The quantitative estimate of drug-likeness (QED) is 0.729.